The van der Waals surface area contributed by atoms with Crippen LogP contribution in [0.4, 0.5) is 0 Å². The van der Waals surface area contributed by atoms with E-state index in [9.17, 15) is 0 Å². The van der Waals surface area contributed by atoms with Gasteiger partial charge in [0, 0.05) is 19.8 Å². The maximum absolute atomic E-state index is 6.29. The van der Waals surface area contributed by atoms with E-state index < -0.39 is 14.8 Å². The summed E-state index contributed by atoms with van der Waals surface area (Å²) in [7, 11) is -2.71. The smallest absolute Gasteiger partial charge is 0.374 e. The lowest BCUT2D eigenvalue weighted by Crippen LogP contribution is -2.49. The van der Waals surface area contributed by atoms with Gasteiger partial charge in [-0.3, -0.25) is 0 Å². The first kappa shape index (κ1) is 27.0. The molecule has 0 N–H and O–H groups in total. The van der Waals surface area contributed by atoms with Gasteiger partial charge in [0.15, 0.2) is 0 Å². The molecule has 0 bridgehead atoms. The summed E-state index contributed by atoms with van der Waals surface area (Å²) in [4.78, 5) is 0. The van der Waals surface area contributed by atoms with Crippen LogP contribution in [0.1, 0.15) is 80.1 Å². The highest BCUT2D eigenvalue weighted by Gasteiger charge is 2.41. The minimum Gasteiger partial charge on any atom is -0.374 e. The third kappa shape index (κ3) is 12.2. The number of ether oxygens (including phenoxy) is 3. The number of rotatable bonds is 19. The summed E-state index contributed by atoms with van der Waals surface area (Å²) in [6.07, 6.45) is 4.84. The number of hydrogen-bond acceptors (Lipinski definition) is 6. The molecule has 0 aromatic carbocycles. The van der Waals surface area contributed by atoms with Crippen molar-refractivity contribution in [1.82, 2.24) is 0 Å². The first-order valence-electron chi connectivity index (χ1n) is 10.8. The van der Waals surface area contributed by atoms with Gasteiger partial charge in [-0.15, -0.1) is 0 Å². The van der Waals surface area contributed by atoms with Gasteiger partial charge in [0.25, 0.3) is 5.97 Å². The molecule has 0 aliphatic heterocycles. The highest BCUT2D eigenvalue weighted by atomic mass is 28.4. The van der Waals surface area contributed by atoms with Gasteiger partial charge < -0.3 is 27.5 Å². The van der Waals surface area contributed by atoms with Crippen molar-refractivity contribution in [3.63, 3.8) is 0 Å². The summed E-state index contributed by atoms with van der Waals surface area (Å²) in [6.45, 7) is 17.4. The van der Waals surface area contributed by atoms with Gasteiger partial charge >= 0.3 is 8.80 Å². The Morgan fingerprint density at radius 2 is 1.04 bits per heavy atom. The molecule has 164 valence electrons. The Bertz CT molecular complexity index is 313. The van der Waals surface area contributed by atoms with E-state index in [2.05, 4.69) is 34.6 Å². The predicted octanol–water partition coefficient (Wildman–Crippen LogP) is 5.14. The highest BCUT2D eigenvalue weighted by Crippen LogP contribution is 2.27. The van der Waals surface area contributed by atoms with Gasteiger partial charge in [-0.05, 0) is 39.0 Å². The van der Waals surface area contributed by atoms with Crippen LogP contribution in [-0.4, -0.2) is 53.9 Å². The quantitative estimate of drug-likeness (QED) is 0.218. The minimum absolute atomic E-state index is 0.180. The molecule has 0 heterocycles. The molecule has 0 aliphatic carbocycles. The molecule has 0 aromatic rings. The van der Waals surface area contributed by atoms with E-state index in [0.717, 1.165) is 32.1 Å². The standard InChI is InChI=1S/C20H44O6Si/c1-8-13-21-20(22-14-9-2,23-15-10-3)18-19(6)26-27(7,24-16-11-4)25-17-12-5/h19H,8-18H2,1-7H3. The fourth-order valence-corrected chi connectivity index (χ4v) is 4.70. The normalized spacial score (nSPS) is 13.9. The van der Waals surface area contributed by atoms with Gasteiger partial charge in [0.1, 0.15) is 0 Å². The van der Waals surface area contributed by atoms with Crippen molar-refractivity contribution >= 4 is 8.80 Å². The Kier molecular flexibility index (Phi) is 15.8. The van der Waals surface area contributed by atoms with Gasteiger partial charge in [-0.2, -0.15) is 0 Å². The Balaban J connectivity index is 5.13. The maximum Gasteiger partial charge on any atom is 0.497 e. The van der Waals surface area contributed by atoms with E-state index in [1.165, 1.54) is 0 Å². The van der Waals surface area contributed by atoms with Crippen LogP contribution in [0.25, 0.3) is 0 Å². The van der Waals surface area contributed by atoms with Crippen molar-refractivity contribution < 1.29 is 27.5 Å². The van der Waals surface area contributed by atoms with E-state index in [-0.39, 0.29) is 6.10 Å². The van der Waals surface area contributed by atoms with Crippen LogP contribution in [0.15, 0.2) is 0 Å². The fraction of sp³-hybridized carbons (Fsp3) is 1.00. The van der Waals surface area contributed by atoms with Crippen LogP contribution in [0.3, 0.4) is 0 Å². The lowest BCUT2D eigenvalue weighted by atomic mass is 10.2. The second kappa shape index (κ2) is 15.8. The molecule has 7 heteroatoms. The molecule has 0 spiro atoms. The molecular weight excluding hydrogens is 364 g/mol. The van der Waals surface area contributed by atoms with E-state index in [1.807, 2.05) is 13.5 Å². The van der Waals surface area contributed by atoms with Crippen LogP contribution in [0.5, 0.6) is 0 Å². The van der Waals surface area contributed by atoms with Gasteiger partial charge in [-0.1, -0.05) is 34.6 Å². The van der Waals surface area contributed by atoms with Crippen LogP contribution in [0.2, 0.25) is 6.55 Å². The molecule has 1 unspecified atom stereocenters. The van der Waals surface area contributed by atoms with Crippen LogP contribution < -0.4 is 0 Å². The topological polar surface area (TPSA) is 55.4 Å². The average Bonchev–Trinajstić information content (AvgIpc) is 2.65. The Morgan fingerprint density at radius 3 is 1.37 bits per heavy atom. The molecule has 0 aliphatic rings. The summed E-state index contributed by atoms with van der Waals surface area (Å²) >= 11 is 0. The second-order valence-electron chi connectivity index (χ2n) is 6.92. The molecule has 0 aromatic heterocycles. The van der Waals surface area contributed by atoms with E-state index in [0.29, 0.717) is 39.5 Å². The largest absolute Gasteiger partial charge is 0.497 e. The van der Waals surface area contributed by atoms with E-state index >= 15 is 0 Å². The summed E-state index contributed by atoms with van der Waals surface area (Å²) in [6, 6.07) is 0. The van der Waals surface area contributed by atoms with E-state index in [1.54, 1.807) is 0 Å². The molecule has 0 amide bonds. The third-order valence-corrected chi connectivity index (χ3v) is 5.96. The van der Waals surface area contributed by atoms with Crippen molar-refractivity contribution in [2.24, 2.45) is 0 Å². The molecule has 0 saturated heterocycles. The van der Waals surface area contributed by atoms with Crippen molar-refractivity contribution in [3.8, 4) is 0 Å². The van der Waals surface area contributed by atoms with Crippen molar-refractivity contribution in [1.29, 1.82) is 0 Å². The highest BCUT2D eigenvalue weighted by molar-refractivity contribution is 6.59. The Hall–Kier alpha value is -0.0231. The molecule has 0 fully saturated rings. The van der Waals surface area contributed by atoms with Gasteiger partial charge in [0.05, 0.1) is 32.3 Å². The zero-order valence-corrected chi connectivity index (χ0v) is 19.8. The summed E-state index contributed by atoms with van der Waals surface area (Å²) < 4.78 is 36.4. The lowest BCUT2D eigenvalue weighted by molar-refractivity contribution is -0.388. The monoisotopic (exact) mass is 408 g/mol. The molecule has 0 saturated carbocycles. The molecular formula is C20H44O6Si. The number of hydrogen-bond donors (Lipinski definition) is 0. The SMILES string of the molecule is CCCOC(CC(C)O[Si](C)(OCCC)OCCC)(OCCC)OCCC. The summed E-state index contributed by atoms with van der Waals surface area (Å²) in [5.41, 5.74) is 0. The maximum atomic E-state index is 6.29. The molecule has 0 rings (SSSR count). The van der Waals surface area contributed by atoms with Crippen molar-refractivity contribution in [2.75, 3.05) is 33.0 Å². The first-order valence-corrected chi connectivity index (χ1v) is 13.0. The van der Waals surface area contributed by atoms with Crippen LogP contribution in [-0.2, 0) is 27.5 Å². The van der Waals surface area contributed by atoms with Crippen LogP contribution in [0, 0.1) is 0 Å². The van der Waals surface area contributed by atoms with Gasteiger partial charge in [-0.25, -0.2) is 0 Å². The summed E-state index contributed by atoms with van der Waals surface area (Å²) in [5, 5.41) is 0. The minimum atomic E-state index is -2.71. The molecule has 1 atom stereocenters. The lowest BCUT2D eigenvalue weighted by Gasteiger charge is -2.37. The van der Waals surface area contributed by atoms with Crippen LogP contribution >= 0.6 is 0 Å². The van der Waals surface area contributed by atoms with Crippen molar-refractivity contribution in [3.05, 3.63) is 0 Å². The summed E-state index contributed by atoms with van der Waals surface area (Å²) in [5.74, 6) is -1.08. The second-order valence-corrected chi connectivity index (χ2v) is 9.46. The Morgan fingerprint density at radius 1 is 0.667 bits per heavy atom. The van der Waals surface area contributed by atoms with Crippen molar-refractivity contribution in [2.45, 2.75) is 98.7 Å². The first-order chi connectivity index (χ1) is 12.9. The fourth-order valence-electron chi connectivity index (χ4n) is 2.52. The third-order valence-electron chi connectivity index (χ3n) is 3.67. The predicted molar refractivity (Wildman–Crippen MR) is 111 cm³/mol. The molecule has 27 heavy (non-hydrogen) atoms. The molecule has 0 radical (unpaired) electrons. The molecule has 6 nitrogen and oxygen atoms in total. The zero-order chi connectivity index (χ0) is 20.6. The Labute approximate surface area is 168 Å². The zero-order valence-electron chi connectivity index (χ0n) is 18.8. The average molecular weight is 409 g/mol. The van der Waals surface area contributed by atoms with Gasteiger partial charge in [0.2, 0.25) is 0 Å². The van der Waals surface area contributed by atoms with E-state index in [4.69, 9.17) is 27.5 Å².